The molecule has 0 aliphatic rings. The average Bonchev–Trinajstić information content (AvgIpc) is 2.79. The summed E-state index contributed by atoms with van der Waals surface area (Å²) in [5.41, 5.74) is 7.35. The van der Waals surface area contributed by atoms with E-state index in [1.54, 1.807) is 11.0 Å². The van der Waals surface area contributed by atoms with E-state index >= 15 is 0 Å². The van der Waals surface area contributed by atoms with Gasteiger partial charge < -0.3 is 20.0 Å². The van der Waals surface area contributed by atoms with E-state index < -0.39 is 43.0 Å². The minimum atomic E-state index is -5.00. The number of hydrogen-bond acceptors (Lipinski definition) is 13. The molecule has 0 spiro atoms. The second-order valence-corrected chi connectivity index (χ2v) is 11.4. The minimum absolute atomic E-state index is 0. The maximum atomic E-state index is 12.2. The number of nitrogens with zero attached hydrogens (tertiary/aromatic N) is 4. The van der Waals surface area contributed by atoms with Gasteiger partial charge in [-0.3, -0.25) is 8.74 Å². The van der Waals surface area contributed by atoms with E-state index in [-0.39, 0.29) is 77.8 Å². The Balaban J connectivity index is 0.00000722. The standard InChI is InChI=1S/C19H23N5O10S3.Na/c1-21-8-9-24(10-11-33-36(27,28)29)16-4-7-19(18(20)14-16)23-22-15-2-5-17(6-3-15)35(25,26)13-12-34-37(30,31)32;/h2-7,14H,8-13,20H2,(H,27,28,29)(H,30,31,32);/q;+1/p-1. The molecule has 2 rings (SSSR count). The predicted molar refractivity (Wildman–Crippen MR) is 130 cm³/mol. The van der Waals surface area contributed by atoms with E-state index in [4.69, 9.17) is 16.9 Å². The molecule has 0 amide bonds. The number of benzene rings is 2. The fourth-order valence-corrected chi connectivity index (χ4v) is 4.59. The van der Waals surface area contributed by atoms with Gasteiger partial charge in [0.25, 0.3) is 0 Å². The molecule has 202 valence electrons. The van der Waals surface area contributed by atoms with Crippen LogP contribution < -0.4 is 40.2 Å². The van der Waals surface area contributed by atoms with Crippen LogP contribution in [-0.4, -0.2) is 73.0 Å². The van der Waals surface area contributed by atoms with Crippen LogP contribution in [0.3, 0.4) is 0 Å². The molecule has 0 saturated carbocycles. The van der Waals surface area contributed by atoms with Gasteiger partial charge in [-0.25, -0.2) is 27.6 Å². The molecule has 0 bridgehead atoms. The smallest absolute Gasteiger partial charge is 0.726 e. The molecule has 0 atom stereocenters. The van der Waals surface area contributed by atoms with Gasteiger partial charge in [0, 0.05) is 12.2 Å². The Labute approximate surface area is 242 Å². The first-order chi connectivity index (χ1) is 17.2. The summed E-state index contributed by atoms with van der Waals surface area (Å²) >= 11 is 0. The Morgan fingerprint density at radius 1 is 0.974 bits per heavy atom. The zero-order valence-corrected chi connectivity index (χ0v) is 24.4. The summed E-state index contributed by atoms with van der Waals surface area (Å²) in [4.78, 5) is 4.76. The first-order valence-electron chi connectivity index (χ1n) is 10.1. The van der Waals surface area contributed by atoms with Gasteiger partial charge in [0.15, 0.2) is 9.84 Å². The van der Waals surface area contributed by atoms with Gasteiger partial charge in [-0.1, -0.05) is 0 Å². The molecule has 0 aliphatic heterocycles. The van der Waals surface area contributed by atoms with Crippen molar-refractivity contribution in [2.24, 2.45) is 10.2 Å². The van der Waals surface area contributed by atoms with E-state index in [0.717, 1.165) is 0 Å². The van der Waals surface area contributed by atoms with Gasteiger partial charge in [0.1, 0.15) is 5.69 Å². The van der Waals surface area contributed by atoms with Crippen LogP contribution in [0, 0.1) is 6.57 Å². The fraction of sp³-hybridized carbons (Fsp3) is 0.316. The van der Waals surface area contributed by atoms with Crippen molar-refractivity contribution in [3.63, 3.8) is 0 Å². The average molecular weight is 600 g/mol. The van der Waals surface area contributed by atoms with Crippen molar-refractivity contribution in [1.29, 1.82) is 0 Å². The number of sulfone groups is 1. The zero-order valence-electron chi connectivity index (χ0n) is 20.0. The van der Waals surface area contributed by atoms with Crippen molar-refractivity contribution >= 4 is 53.4 Å². The molecule has 2 aromatic rings. The first kappa shape index (κ1) is 33.8. The van der Waals surface area contributed by atoms with E-state index in [2.05, 4.69) is 23.4 Å². The molecule has 0 aromatic heterocycles. The van der Waals surface area contributed by atoms with Gasteiger partial charge >= 0.3 is 40.0 Å². The van der Waals surface area contributed by atoms with Gasteiger partial charge in [-0.2, -0.15) is 13.5 Å². The topological polar surface area (TPSA) is 223 Å². The van der Waals surface area contributed by atoms with Crippen LogP contribution in [-0.2, 0) is 39.0 Å². The summed E-state index contributed by atoms with van der Waals surface area (Å²) in [5, 5.41) is 8.02. The largest absolute Gasteiger partial charge is 1.00 e. The second kappa shape index (κ2) is 14.8. The summed E-state index contributed by atoms with van der Waals surface area (Å²) < 4.78 is 94.1. The third-order valence-corrected chi connectivity index (χ3v) is 7.11. The molecule has 0 unspecified atom stereocenters. The zero-order chi connectivity index (χ0) is 27.7. The van der Waals surface area contributed by atoms with Crippen LogP contribution in [0.1, 0.15) is 0 Å². The molecule has 19 heteroatoms. The SMILES string of the molecule is [C-]#[N+]CCN(CCOS(=O)(=O)O)c1ccc(N=Nc2ccc(S(=O)(=O)CCOS(=O)(=O)[O-])cc2)c(N)c1.[Na+]. The first-order valence-corrected chi connectivity index (χ1v) is 14.5. The van der Waals surface area contributed by atoms with Crippen LogP contribution in [0.15, 0.2) is 57.6 Å². The van der Waals surface area contributed by atoms with Crippen LogP contribution >= 0.6 is 0 Å². The van der Waals surface area contributed by atoms with Gasteiger partial charge in [0.05, 0.1) is 41.8 Å². The Morgan fingerprint density at radius 2 is 1.63 bits per heavy atom. The molecule has 38 heavy (non-hydrogen) atoms. The van der Waals surface area contributed by atoms with Crippen LogP contribution in [0.25, 0.3) is 4.85 Å². The van der Waals surface area contributed by atoms with Gasteiger partial charge in [-0.15, -0.1) is 5.11 Å². The maximum absolute atomic E-state index is 12.2. The number of anilines is 2. The van der Waals surface area contributed by atoms with Crippen LogP contribution in [0.2, 0.25) is 0 Å². The summed E-state index contributed by atoms with van der Waals surface area (Å²) in [5.74, 6) is -0.715. The molecule has 3 N–H and O–H groups in total. The fourth-order valence-electron chi connectivity index (χ4n) is 2.82. The van der Waals surface area contributed by atoms with Crippen LogP contribution in [0.5, 0.6) is 0 Å². The van der Waals surface area contributed by atoms with Crippen molar-refractivity contribution in [1.82, 2.24) is 0 Å². The van der Waals surface area contributed by atoms with Crippen molar-refractivity contribution in [3.8, 4) is 0 Å². The molecular weight excluding hydrogens is 577 g/mol. The van der Waals surface area contributed by atoms with E-state index in [1.807, 2.05) is 0 Å². The minimum Gasteiger partial charge on any atom is -0.726 e. The number of azo groups is 1. The van der Waals surface area contributed by atoms with Crippen LogP contribution in [0.4, 0.5) is 22.7 Å². The molecule has 15 nitrogen and oxygen atoms in total. The van der Waals surface area contributed by atoms with Crippen molar-refractivity contribution in [2.75, 3.05) is 49.2 Å². The third-order valence-electron chi connectivity index (χ3n) is 4.50. The van der Waals surface area contributed by atoms with E-state index in [9.17, 15) is 29.8 Å². The molecule has 0 heterocycles. The molecular formula is C19H22N5NaO10S3. The van der Waals surface area contributed by atoms with E-state index in [1.165, 1.54) is 36.4 Å². The van der Waals surface area contributed by atoms with Gasteiger partial charge in [-0.05, 0) is 42.5 Å². The quantitative estimate of drug-likeness (QED) is 0.0631. The molecule has 0 saturated heterocycles. The monoisotopic (exact) mass is 599 g/mol. The number of nitrogens with two attached hydrogens (primary N) is 1. The molecule has 0 radical (unpaired) electrons. The van der Waals surface area contributed by atoms with Crippen molar-refractivity contribution in [3.05, 3.63) is 53.9 Å². The van der Waals surface area contributed by atoms with Crippen molar-refractivity contribution < 1.29 is 72.3 Å². The predicted octanol–water partition coefficient (Wildman–Crippen LogP) is -1.52. The second-order valence-electron chi connectivity index (χ2n) is 7.10. The Morgan fingerprint density at radius 3 is 2.18 bits per heavy atom. The van der Waals surface area contributed by atoms with Gasteiger partial charge in [0.2, 0.25) is 16.9 Å². The summed E-state index contributed by atoms with van der Waals surface area (Å²) in [6.45, 7) is 6.19. The Hall–Kier alpha value is -2.18. The van der Waals surface area contributed by atoms with Crippen molar-refractivity contribution in [2.45, 2.75) is 4.90 Å². The summed E-state index contributed by atoms with van der Waals surface area (Å²) in [6, 6.07) is 9.84. The normalized spacial score (nSPS) is 12.1. The summed E-state index contributed by atoms with van der Waals surface area (Å²) in [6.07, 6.45) is 0. The maximum Gasteiger partial charge on any atom is 1.00 e. The Bertz CT molecular complexity index is 1480. The molecule has 0 fully saturated rings. The Kier molecular flexibility index (Phi) is 13.2. The number of hydrogen-bond donors (Lipinski definition) is 2. The van der Waals surface area contributed by atoms with E-state index in [0.29, 0.717) is 5.69 Å². The molecule has 0 aliphatic carbocycles. The number of rotatable bonds is 14. The third kappa shape index (κ3) is 12.1. The summed E-state index contributed by atoms with van der Waals surface area (Å²) in [7, 11) is -13.5. The number of nitrogen functional groups attached to an aromatic ring is 1. The molecule has 2 aromatic carbocycles.